The van der Waals surface area contributed by atoms with Crippen LogP contribution in [-0.2, 0) is 4.79 Å². The lowest BCUT2D eigenvalue weighted by molar-refractivity contribution is -0.384. The number of anilines is 1. The van der Waals surface area contributed by atoms with Gasteiger partial charge >= 0.3 is 0 Å². The number of aromatic nitrogens is 3. The molecule has 178 valence electrons. The van der Waals surface area contributed by atoms with E-state index in [9.17, 15) is 24.1 Å². The third-order valence-corrected chi connectivity index (χ3v) is 5.77. The highest BCUT2D eigenvalue weighted by Crippen LogP contribution is 2.23. The number of hydrogen-bond donors (Lipinski definition) is 3. The van der Waals surface area contributed by atoms with Gasteiger partial charge in [0.25, 0.3) is 11.6 Å². The molecule has 34 heavy (non-hydrogen) atoms. The normalized spacial score (nSPS) is 11.8. The smallest absolute Gasteiger partial charge is 0.270 e. The van der Waals surface area contributed by atoms with Crippen molar-refractivity contribution in [3.63, 3.8) is 0 Å². The Bertz CT molecular complexity index is 1220. The van der Waals surface area contributed by atoms with Gasteiger partial charge in [0, 0.05) is 28.9 Å². The summed E-state index contributed by atoms with van der Waals surface area (Å²) in [6.07, 6.45) is 0. The fourth-order valence-electron chi connectivity index (χ4n) is 3.06. The molecule has 10 nitrogen and oxygen atoms in total. The van der Waals surface area contributed by atoms with Crippen LogP contribution in [0.3, 0.4) is 0 Å². The molecule has 0 bridgehead atoms. The van der Waals surface area contributed by atoms with Crippen molar-refractivity contribution in [3.05, 3.63) is 75.3 Å². The van der Waals surface area contributed by atoms with Crippen molar-refractivity contribution in [1.82, 2.24) is 20.5 Å². The van der Waals surface area contributed by atoms with Crippen molar-refractivity contribution >= 4 is 35.0 Å². The number of rotatable bonds is 9. The minimum Gasteiger partial charge on any atom is -0.342 e. The maximum absolute atomic E-state index is 13.6. The van der Waals surface area contributed by atoms with Crippen LogP contribution in [0.2, 0.25) is 0 Å². The number of non-ortho nitro benzene ring substituents is 1. The maximum Gasteiger partial charge on any atom is 0.270 e. The van der Waals surface area contributed by atoms with Crippen LogP contribution in [0.15, 0.2) is 47.6 Å². The molecule has 12 heteroatoms. The predicted octanol–water partition coefficient (Wildman–Crippen LogP) is 4.02. The van der Waals surface area contributed by atoms with Crippen LogP contribution >= 0.6 is 11.8 Å². The van der Waals surface area contributed by atoms with Crippen LogP contribution in [0.1, 0.15) is 41.6 Å². The first-order valence-corrected chi connectivity index (χ1v) is 11.3. The van der Waals surface area contributed by atoms with Crippen LogP contribution in [0.5, 0.6) is 0 Å². The second kappa shape index (κ2) is 10.9. The summed E-state index contributed by atoms with van der Waals surface area (Å²) in [6.45, 7) is 5.33. The molecule has 2 aromatic carbocycles. The topological polar surface area (TPSA) is 143 Å². The van der Waals surface area contributed by atoms with Crippen LogP contribution in [0, 0.1) is 28.8 Å². The average molecular weight is 487 g/mol. The van der Waals surface area contributed by atoms with Gasteiger partial charge in [0.1, 0.15) is 11.6 Å². The summed E-state index contributed by atoms with van der Waals surface area (Å²) >= 11 is 1.08. The van der Waals surface area contributed by atoms with E-state index in [1.165, 1.54) is 36.4 Å². The Morgan fingerprint density at radius 3 is 2.68 bits per heavy atom. The number of hydrogen-bond acceptors (Lipinski definition) is 7. The first-order valence-electron chi connectivity index (χ1n) is 10.3. The molecule has 0 aliphatic rings. The molecule has 2 amide bonds. The summed E-state index contributed by atoms with van der Waals surface area (Å²) in [5.41, 5.74) is 0.711. The van der Waals surface area contributed by atoms with Crippen LogP contribution in [0.4, 0.5) is 15.8 Å². The molecule has 1 heterocycles. The number of nitrogens with zero attached hydrogens (tertiary/aromatic N) is 3. The second-order valence-electron chi connectivity index (χ2n) is 7.76. The van der Waals surface area contributed by atoms with E-state index in [4.69, 9.17) is 0 Å². The zero-order chi connectivity index (χ0) is 24.8. The monoisotopic (exact) mass is 486 g/mol. The Morgan fingerprint density at radius 2 is 1.97 bits per heavy atom. The third-order valence-electron chi connectivity index (χ3n) is 4.92. The van der Waals surface area contributed by atoms with Crippen molar-refractivity contribution in [1.29, 1.82) is 0 Å². The van der Waals surface area contributed by atoms with Crippen molar-refractivity contribution < 1.29 is 18.9 Å². The molecule has 3 N–H and O–H groups in total. The van der Waals surface area contributed by atoms with Gasteiger partial charge in [-0.05, 0) is 31.0 Å². The molecule has 0 radical (unpaired) electrons. The first-order chi connectivity index (χ1) is 16.2. The third kappa shape index (κ3) is 6.16. The van der Waals surface area contributed by atoms with Gasteiger partial charge in [0.05, 0.1) is 16.7 Å². The Hall–Kier alpha value is -3.80. The largest absolute Gasteiger partial charge is 0.342 e. The standard InChI is InChI=1S/C22H23FN6O4S/c1-12(2)19(25-21(31)14-6-4-7-15(10-14)29(32)33)20-26-22(28-27-20)34-11-18(30)24-17-9-5-8-16(23)13(17)3/h4-10,12,19H,11H2,1-3H3,(H,24,30)(H,25,31)(H,26,27,28)/t19-/m0/s1. The minimum absolute atomic E-state index is 0.000363. The molecule has 0 saturated carbocycles. The highest BCUT2D eigenvalue weighted by atomic mass is 32.2. The van der Waals surface area contributed by atoms with Crippen molar-refractivity contribution in [2.75, 3.05) is 11.1 Å². The van der Waals surface area contributed by atoms with Gasteiger partial charge in [-0.25, -0.2) is 9.37 Å². The summed E-state index contributed by atoms with van der Waals surface area (Å²) in [4.78, 5) is 39.7. The molecular weight excluding hydrogens is 463 g/mol. The van der Waals surface area contributed by atoms with Gasteiger partial charge in [-0.2, -0.15) is 0 Å². The van der Waals surface area contributed by atoms with E-state index in [-0.39, 0.29) is 28.8 Å². The summed E-state index contributed by atoms with van der Waals surface area (Å²) in [6, 6.07) is 9.34. The Labute approximate surface area is 198 Å². The van der Waals surface area contributed by atoms with E-state index in [0.717, 1.165) is 11.8 Å². The highest BCUT2D eigenvalue weighted by molar-refractivity contribution is 7.99. The predicted molar refractivity (Wildman–Crippen MR) is 125 cm³/mol. The van der Waals surface area contributed by atoms with E-state index < -0.39 is 22.7 Å². The summed E-state index contributed by atoms with van der Waals surface area (Å²) in [7, 11) is 0. The zero-order valence-corrected chi connectivity index (χ0v) is 19.5. The molecule has 0 spiro atoms. The number of nitro benzene ring substituents is 1. The van der Waals surface area contributed by atoms with Crippen molar-refractivity contribution in [2.24, 2.45) is 5.92 Å². The van der Waals surface area contributed by atoms with Crippen molar-refractivity contribution in [2.45, 2.75) is 32.0 Å². The number of amides is 2. The number of H-pyrrole nitrogens is 1. The number of nitrogens with one attached hydrogen (secondary N) is 3. The van der Waals surface area contributed by atoms with Crippen LogP contribution in [-0.4, -0.2) is 37.7 Å². The lowest BCUT2D eigenvalue weighted by Crippen LogP contribution is -2.32. The van der Waals surface area contributed by atoms with E-state index in [1.54, 1.807) is 13.0 Å². The lowest BCUT2D eigenvalue weighted by atomic mass is 10.0. The molecule has 3 rings (SSSR count). The highest BCUT2D eigenvalue weighted by Gasteiger charge is 2.24. The van der Waals surface area contributed by atoms with Gasteiger partial charge < -0.3 is 10.6 Å². The van der Waals surface area contributed by atoms with Crippen molar-refractivity contribution in [3.8, 4) is 0 Å². The lowest BCUT2D eigenvalue weighted by Gasteiger charge is -2.19. The zero-order valence-electron chi connectivity index (χ0n) is 18.7. The number of aromatic amines is 1. The summed E-state index contributed by atoms with van der Waals surface area (Å²) in [5.74, 6) is -0.928. The second-order valence-corrected chi connectivity index (χ2v) is 8.70. The van der Waals surface area contributed by atoms with Gasteiger partial charge in [0.15, 0.2) is 0 Å². The fourth-order valence-corrected chi connectivity index (χ4v) is 3.66. The molecular formula is C22H23FN6O4S. The molecule has 0 aliphatic heterocycles. The molecule has 1 atom stereocenters. The maximum atomic E-state index is 13.6. The summed E-state index contributed by atoms with van der Waals surface area (Å²) < 4.78 is 13.6. The molecule has 0 fully saturated rings. The van der Waals surface area contributed by atoms with Crippen LogP contribution in [0.25, 0.3) is 0 Å². The van der Waals surface area contributed by atoms with Gasteiger partial charge in [-0.3, -0.25) is 24.8 Å². The van der Waals surface area contributed by atoms with E-state index in [1.807, 2.05) is 13.8 Å². The molecule has 1 aromatic heterocycles. The average Bonchev–Trinajstić information content (AvgIpc) is 3.27. The number of carbonyl (C=O) groups is 2. The molecule has 0 unspecified atom stereocenters. The SMILES string of the molecule is Cc1c(F)cccc1NC(=O)CSc1n[nH]c([C@@H](NC(=O)c2cccc([N+](=O)[O-])c2)C(C)C)n1. The quantitative estimate of drug-likeness (QED) is 0.235. The number of nitro groups is 1. The van der Waals surface area contributed by atoms with Gasteiger partial charge in [0.2, 0.25) is 11.1 Å². The molecule has 3 aromatic rings. The van der Waals surface area contributed by atoms with E-state index in [0.29, 0.717) is 22.2 Å². The van der Waals surface area contributed by atoms with Crippen LogP contribution < -0.4 is 10.6 Å². The first kappa shape index (κ1) is 24.8. The Balaban J connectivity index is 1.63. The van der Waals surface area contributed by atoms with E-state index in [2.05, 4.69) is 25.8 Å². The summed E-state index contributed by atoms with van der Waals surface area (Å²) in [5, 5.41) is 23.6. The molecule has 0 aliphatic carbocycles. The number of thioether (sulfide) groups is 1. The number of benzene rings is 2. The fraction of sp³-hybridized carbons (Fsp3) is 0.273. The number of carbonyl (C=O) groups excluding carboxylic acids is 2. The Kier molecular flexibility index (Phi) is 7.95. The van der Waals surface area contributed by atoms with Gasteiger partial charge in [-0.15, -0.1) is 5.10 Å². The van der Waals surface area contributed by atoms with Gasteiger partial charge in [-0.1, -0.05) is 37.7 Å². The Morgan fingerprint density at radius 1 is 1.24 bits per heavy atom. The minimum atomic E-state index is -0.567. The van der Waals surface area contributed by atoms with E-state index >= 15 is 0 Å². The number of halogens is 1. The molecule has 0 saturated heterocycles.